The van der Waals surface area contributed by atoms with Crippen LogP contribution < -0.4 is 0 Å². The number of hydrogen-bond donors (Lipinski definition) is 0. The minimum atomic E-state index is -0.0776. The first kappa shape index (κ1) is 11.5. The molecule has 0 N–H and O–H groups in total. The maximum Gasteiger partial charge on any atom is 0.306 e. The van der Waals surface area contributed by atoms with Gasteiger partial charge in [-0.1, -0.05) is 20.8 Å². The predicted octanol–water partition coefficient (Wildman–Crippen LogP) is 2.62. The number of ether oxygens (including phenoxy) is 1. The van der Waals surface area contributed by atoms with Gasteiger partial charge in [-0.2, -0.15) is 0 Å². The molecule has 2 nitrogen and oxygen atoms in total. The summed E-state index contributed by atoms with van der Waals surface area (Å²) in [6, 6.07) is 0. The summed E-state index contributed by atoms with van der Waals surface area (Å²) in [5.74, 6) is 0.882. The molecular weight excluding hydrogens is 152 g/mol. The molecule has 0 bridgehead atoms. The molecule has 1 atom stereocenters. The Morgan fingerprint density at radius 2 is 1.67 bits per heavy atom. The van der Waals surface area contributed by atoms with Crippen molar-refractivity contribution in [1.29, 1.82) is 0 Å². The van der Waals surface area contributed by atoms with Crippen LogP contribution in [-0.4, -0.2) is 12.1 Å². The highest BCUT2D eigenvalue weighted by molar-refractivity contribution is 5.69. The first-order chi connectivity index (χ1) is 5.43. The highest BCUT2D eigenvalue weighted by Crippen LogP contribution is 2.14. The normalized spacial score (nSPS) is 13.6. The Hall–Kier alpha value is -0.530. The monoisotopic (exact) mass is 172 g/mol. The Morgan fingerprint density at radius 1 is 1.17 bits per heavy atom. The molecular formula is C10H20O2. The second-order valence-electron chi connectivity index (χ2n) is 3.96. The molecule has 0 amide bonds. The average molecular weight is 172 g/mol. The SMILES string of the molecule is CC(C)OC(=O)CC(C)C(C)C. The summed E-state index contributed by atoms with van der Waals surface area (Å²) in [6.45, 7) is 10.1. The minimum Gasteiger partial charge on any atom is -0.463 e. The fourth-order valence-corrected chi connectivity index (χ4v) is 0.810. The lowest BCUT2D eigenvalue weighted by molar-refractivity contribution is -0.148. The summed E-state index contributed by atoms with van der Waals surface area (Å²) >= 11 is 0. The summed E-state index contributed by atoms with van der Waals surface area (Å²) in [7, 11) is 0. The van der Waals surface area contributed by atoms with Gasteiger partial charge in [0.1, 0.15) is 0 Å². The highest BCUT2D eigenvalue weighted by Gasteiger charge is 2.13. The van der Waals surface area contributed by atoms with E-state index in [2.05, 4.69) is 20.8 Å². The molecule has 0 aliphatic rings. The van der Waals surface area contributed by atoms with E-state index >= 15 is 0 Å². The van der Waals surface area contributed by atoms with Gasteiger partial charge in [0.2, 0.25) is 0 Å². The molecule has 0 aliphatic carbocycles. The van der Waals surface area contributed by atoms with Crippen molar-refractivity contribution >= 4 is 5.97 Å². The molecule has 0 spiro atoms. The molecule has 2 heteroatoms. The third-order valence-corrected chi connectivity index (χ3v) is 1.99. The summed E-state index contributed by atoms with van der Waals surface area (Å²) in [6.07, 6.45) is 0.549. The summed E-state index contributed by atoms with van der Waals surface area (Å²) in [5.41, 5.74) is 0. The summed E-state index contributed by atoms with van der Waals surface area (Å²) < 4.78 is 5.03. The van der Waals surface area contributed by atoms with Crippen molar-refractivity contribution in [1.82, 2.24) is 0 Å². The van der Waals surface area contributed by atoms with E-state index in [9.17, 15) is 4.79 Å². The predicted molar refractivity (Wildman–Crippen MR) is 49.8 cm³/mol. The number of carbonyl (C=O) groups is 1. The van der Waals surface area contributed by atoms with Crippen LogP contribution in [0.1, 0.15) is 41.0 Å². The van der Waals surface area contributed by atoms with Gasteiger partial charge in [-0.05, 0) is 25.7 Å². The molecule has 0 aliphatic heterocycles. The summed E-state index contributed by atoms with van der Waals surface area (Å²) in [4.78, 5) is 11.1. The number of rotatable bonds is 4. The largest absolute Gasteiger partial charge is 0.463 e. The van der Waals surface area contributed by atoms with E-state index in [1.807, 2.05) is 13.8 Å². The quantitative estimate of drug-likeness (QED) is 0.609. The van der Waals surface area contributed by atoms with Gasteiger partial charge < -0.3 is 4.74 Å². The zero-order chi connectivity index (χ0) is 9.72. The second-order valence-corrected chi connectivity index (χ2v) is 3.96. The van der Waals surface area contributed by atoms with Gasteiger partial charge in [-0.3, -0.25) is 4.79 Å². The smallest absolute Gasteiger partial charge is 0.306 e. The average Bonchev–Trinajstić information content (AvgIpc) is 1.84. The molecule has 0 aromatic rings. The molecule has 0 aromatic carbocycles. The molecule has 0 heterocycles. The van der Waals surface area contributed by atoms with E-state index in [4.69, 9.17) is 4.74 Å². The van der Waals surface area contributed by atoms with Crippen molar-refractivity contribution in [2.75, 3.05) is 0 Å². The van der Waals surface area contributed by atoms with Crippen LogP contribution in [0.2, 0.25) is 0 Å². The number of carbonyl (C=O) groups excluding carboxylic acids is 1. The standard InChI is InChI=1S/C10H20O2/c1-7(2)9(5)6-10(11)12-8(3)4/h7-9H,6H2,1-5H3. The van der Waals surface area contributed by atoms with E-state index in [1.165, 1.54) is 0 Å². The Morgan fingerprint density at radius 3 is 2.00 bits per heavy atom. The molecule has 0 fully saturated rings. The van der Waals surface area contributed by atoms with Crippen molar-refractivity contribution in [2.45, 2.75) is 47.1 Å². The van der Waals surface area contributed by atoms with E-state index in [0.717, 1.165) is 0 Å². The van der Waals surface area contributed by atoms with Crippen molar-refractivity contribution in [3.8, 4) is 0 Å². The molecule has 72 valence electrons. The van der Waals surface area contributed by atoms with Crippen LogP contribution in [0.3, 0.4) is 0 Å². The van der Waals surface area contributed by atoms with Crippen molar-refractivity contribution in [2.24, 2.45) is 11.8 Å². The zero-order valence-electron chi connectivity index (χ0n) is 8.76. The van der Waals surface area contributed by atoms with Crippen LogP contribution >= 0.6 is 0 Å². The van der Waals surface area contributed by atoms with Gasteiger partial charge in [0.15, 0.2) is 0 Å². The molecule has 1 unspecified atom stereocenters. The fraction of sp³-hybridized carbons (Fsp3) is 0.900. The molecule has 0 radical (unpaired) electrons. The first-order valence-corrected chi connectivity index (χ1v) is 4.63. The van der Waals surface area contributed by atoms with Gasteiger partial charge in [0.25, 0.3) is 0 Å². The van der Waals surface area contributed by atoms with Gasteiger partial charge >= 0.3 is 5.97 Å². The molecule has 0 aromatic heterocycles. The second kappa shape index (κ2) is 5.18. The lowest BCUT2D eigenvalue weighted by atomic mass is 9.95. The number of hydrogen-bond acceptors (Lipinski definition) is 2. The maximum absolute atomic E-state index is 11.1. The topological polar surface area (TPSA) is 26.3 Å². The highest BCUT2D eigenvalue weighted by atomic mass is 16.5. The third kappa shape index (κ3) is 5.16. The third-order valence-electron chi connectivity index (χ3n) is 1.99. The lowest BCUT2D eigenvalue weighted by Gasteiger charge is -2.15. The molecule has 12 heavy (non-hydrogen) atoms. The Labute approximate surface area is 75.3 Å². The number of esters is 1. The van der Waals surface area contributed by atoms with Crippen molar-refractivity contribution in [3.63, 3.8) is 0 Å². The molecule has 0 rings (SSSR count). The Kier molecular flexibility index (Phi) is 4.95. The van der Waals surface area contributed by atoms with E-state index in [0.29, 0.717) is 18.3 Å². The first-order valence-electron chi connectivity index (χ1n) is 4.63. The van der Waals surface area contributed by atoms with E-state index in [-0.39, 0.29) is 12.1 Å². The fourth-order valence-electron chi connectivity index (χ4n) is 0.810. The van der Waals surface area contributed by atoms with Crippen LogP contribution in [0.4, 0.5) is 0 Å². The summed E-state index contributed by atoms with van der Waals surface area (Å²) in [5, 5.41) is 0. The van der Waals surface area contributed by atoms with Gasteiger partial charge in [-0.15, -0.1) is 0 Å². The van der Waals surface area contributed by atoms with E-state index in [1.54, 1.807) is 0 Å². The lowest BCUT2D eigenvalue weighted by Crippen LogP contribution is -2.16. The van der Waals surface area contributed by atoms with Crippen LogP contribution in [0.25, 0.3) is 0 Å². The minimum absolute atomic E-state index is 0.0110. The van der Waals surface area contributed by atoms with Crippen LogP contribution in [0.5, 0.6) is 0 Å². The van der Waals surface area contributed by atoms with Crippen molar-refractivity contribution < 1.29 is 9.53 Å². The molecule has 0 saturated carbocycles. The van der Waals surface area contributed by atoms with Gasteiger partial charge in [0, 0.05) is 6.42 Å². The van der Waals surface area contributed by atoms with Crippen LogP contribution in [-0.2, 0) is 9.53 Å². The van der Waals surface area contributed by atoms with Crippen LogP contribution in [0, 0.1) is 11.8 Å². The zero-order valence-corrected chi connectivity index (χ0v) is 8.76. The van der Waals surface area contributed by atoms with E-state index < -0.39 is 0 Å². The molecule has 0 saturated heterocycles. The van der Waals surface area contributed by atoms with Gasteiger partial charge in [-0.25, -0.2) is 0 Å². The Balaban J connectivity index is 3.69. The van der Waals surface area contributed by atoms with Crippen molar-refractivity contribution in [3.05, 3.63) is 0 Å². The maximum atomic E-state index is 11.1. The van der Waals surface area contributed by atoms with Gasteiger partial charge in [0.05, 0.1) is 6.10 Å². The Bertz CT molecular complexity index is 139. The van der Waals surface area contributed by atoms with Crippen LogP contribution in [0.15, 0.2) is 0 Å².